The molecule has 0 bridgehead atoms. The number of phenols is 2. The van der Waals surface area contributed by atoms with Crippen LogP contribution in [0.3, 0.4) is 0 Å². The van der Waals surface area contributed by atoms with Gasteiger partial charge in [-0.15, -0.1) is 12.4 Å². The Labute approximate surface area is 298 Å². The highest BCUT2D eigenvalue weighted by Gasteiger charge is 2.50. The second-order valence-corrected chi connectivity index (χ2v) is 12.2. The Morgan fingerprint density at radius 3 is 2.29 bits per heavy atom. The number of ether oxygens (including phenoxy) is 3. The number of aromatic hydroxyl groups is 2. The lowest BCUT2D eigenvalue weighted by molar-refractivity contribution is -0.247. The Kier molecular flexibility index (Phi) is 12.0. The van der Waals surface area contributed by atoms with E-state index in [9.17, 15) is 44.7 Å². The zero-order chi connectivity index (χ0) is 36.5. The zero-order valence-electron chi connectivity index (χ0n) is 27.5. The normalized spacial score (nSPS) is 25.0. The van der Waals surface area contributed by atoms with E-state index in [-0.39, 0.29) is 46.8 Å². The van der Waals surface area contributed by atoms with Crippen LogP contribution in [-0.4, -0.2) is 97.8 Å². The molecule has 3 aromatic rings. The number of phenolic OH excluding ortho intramolecular Hbond substituents is 2. The van der Waals surface area contributed by atoms with E-state index in [0.717, 1.165) is 11.6 Å². The Morgan fingerprint density at radius 2 is 1.69 bits per heavy atom. The molecule has 1 aliphatic heterocycles. The summed E-state index contributed by atoms with van der Waals surface area (Å²) in [5.74, 6) is -4.70. The highest BCUT2D eigenvalue weighted by molar-refractivity contribution is 6.31. The number of carboxylic acid groups (broad SMARTS) is 1. The van der Waals surface area contributed by atoms with Crippen LogP contribution in [0, 0.1) is 0 Å². The van der Waals surface area contributed by atoms with Crippen LogP contribution in [0.15, 0.2) is 54.6 Å². The van der Waals surface area contributed by atoms with Gasteiger partial charge in [0.1, 0.15) is 29.5 Å². The fourth-order valence-corrected chi connectivity index (χ4v) is 6.48. The molecule has 1 saturated heterocycles. The first-order valence-corrected chi connectivity index (χ1v) is 15.7. The first-order chi connectivity index (χ1) is 23.7. The van der Waals surface area contributed by atoms with Gasteiger partial charge in [-0.05, 0) is 24.6 Å². The minimum absolute atomic E-state index is 0. The monoisotopic (exact) mass is 727 g/mol. The number of ketones is 3. The number of fused-ring (bicyclic) bond motifs is 3. The summed E-state index contributed by atoms with van der Waals surface area (Å²) in [6.45, 7) is 0.560. The number of carboxylic acids is 1. The number of halogens is 1. The topological polar surface area (TPSA) is 243 Å². The molecule has 6 rings (SSSR count). The van der Waals surface area contributed by atoms with Crippen LogP contribution in [0.25, 0.3) is 6.08 Å². The van der Waals surface area contributed by atoms with Crippen molar-refractivity contribution in [3.8, 4) is 17.2 Å². The number of aliphatic carboxylic acids is 1. The molecule has 3 aromatic carbocycles. The van der Waals surface area contributed by atoms with Crippen molar-refractivity contribution in [1.29, 1.82) is 0 Å². The van der Waals surface area contributed by atoms with E-state index in [1.165, 1.54) is 25.3 Å². The molecule has 0 spiro atoms. The van der Waals surface area contributed by atoms with Gasteiger partial charge in [0.15, 0.2) is 17.9 Å². The lowest BCUT2D eigenvalue weighted by atomic mass is 9.72. The molecule has 51 heavy (non-hydrogen) atoms. The van der Waals surface area contributed by atoms with E-state index in [4.69, 9.17) is 25.1 Å². The van der Waals surface area contributed by atoms with Crippen LogP contribution in [0.4, 0.5) is 0 Å². The van der Waals surface area contributed by atoms with Gasteiger partial charge in [-0.1, -0.05) is 42.5 Å². The van der Waals surface area contributed by atoms with Gasteiger partial charge in [0.05, 0.1) is 42.1 Å². The number of hydrogen-bond donors (Lipinski definition) is 7. The molecule has 15 heteroatoms. The molecule has 0 radical (unpaired) electrons. The molecule has 0 unspecified atom stereocenters. The van der Waals surface area contributed by atoms with Crippen molar-refractivity contribution in [3.63, 3.8) is 0 Å². The van der Waals surface area contributed by atoms with Gasteiger partial charge in [-0.25, -0.2) is 4.79 Å². The molecule has 14 nitrogen and oxygen atoms in total. The Balaban J connectivity index is 0.000000417. The molecule has 272 valence electrons. The molecule has 3 aliphatic rings. The number of rotatable bonds is 7. The zero-order valence-corrected chi connectivity index (χ0v) is 28.3. The molecular formula is C36H38ClNO13. The van der Waals surface area contributed by atoms with Crippen molar-refractivity contribution in [3.05, 3.63) is 93.6 Å². The van der Waals surface area contributed by atoms with Crippen molar-refractivity contribution in [1.82, 2.24) is 0 Å². The van der Waals surface area contributed by atoms with Crippen LogP contribution in [0.1, 0.15) is 74.4 Å². The van der Waals surface area contributed by atoms with Crippen molar-refractivity contribution in [2.24, 2.45) is 5.73 Å². The van der Waals surface area contributed by atoms with Crippen LogP contribution >= 0.6 is 12.4 Å². The quantitative estimate of drug-likeness (QED) is 0.107. The predicted octanol–water partition coefficient (Wildman–Crippen LogP) is 2.21. The third kappa shape index (κ3) is 7.53. The van der Waals surface area contributed by atoms with Gasteiger partial charge in [0.2, 0.25) is 5.78 Å². The van der Waals surface area contributed by atoms with Gasteiger partial charge < -0.3 is 50.6 Å². The summed E-state index contributed by atoms with van der Waals surface area (Å²) in [7, 11) is 1.32. The summed E-state index contributed by atoms with van der Waals surface area (Å²) in [5.41, 5.74) is 3.27. The average molecular weight is 728 g/mol. The number of aliphatic hydroxyl groups is 3. The predicted molar refractivity (Wildman–Crippen MR) is 182 cm³/mol. The Bertz CT molecular complexity index is 1850. The number of hydrogen-bond acceptors (Lipinski definition) is 13. The smallest absolute Gasteiger partial charge is 0.328 e. The van der Waals surface area contributed by atoms with Crippen LogP contribution < -0.4 is 10.5 Å². The Morgan fingerprint density at radius 1 is 1.02 bits per heavy atom. The largest absolute Gasteiger partial charge is 0.507 e. The third-order valence-electron chi connectivity index (χ3n) is 9.02. The third-order valence-corrected chi connectivity index (χ3v) is 9.02. The van der Waals surface area contributed by atoms with Crippen molar-refractivity contribution in [2.75, 3.05) is 13.7 Å². The summed E-state index contributed by atoms with van der Waals surface area (Å²) < 4.78 is 17.0. The molecule has 1 fully saturated rings. The van der Waals surface area contributed by atoms with E-state index < -0.39 is 102 Å². The first-order valence-electron chi connectivity index (χ1n) is 15.7. The van der Waals surface area contributed by atoms with Gasteiger partial charge >= 0.3 is 5.97 Å². The number of carbonyl (C=O) groups excluding carboxylic acids is 3. The number of carbonyl (C=O) groups is 4. The van der Waals surface area contributed by atoms with Gasteiger partial charge in [-0.3, -0.25) is 14.4 Å². The lowest BCUT2D eigenvalue weighted by Gasteiger charge is -2.42. The van der Waals surface area contributed by atoms with Crippen LogP contribution in [0.2, 0.25) is 0 Å². The van der Waals surface area contributed by atoms with Crippen LogP contribution in [0.5, 0.6) is 17.2 Å². The fraction of sp³-hybridized carbons (Fsp3) is 0.333. The summed E-state index contributed by atoms with van der Waals surface area (Å²) in [6, 6.07) is 12.9. The number of benzene rings is 3. The maximum absolute atomic E-state index is 13.6. The molecular weight excluding hydrogens is 690 g/mol. The molecule has 8 N–H and O–H groups in total. The van der Waals surface area contributed by atoms with E-state index in [2.05, 4.69) is 0 Å². The van der Waals surface area contributed by atoms with Gasteiger partial charge in [0.25, 0.3) is 0 Å². The van der Waals surface area contributed by atoms with E-state index in [1.54, 1.807) is 13.0 Å². The summed E-state index contributed by atoms with van der Waals surface area (Å²) in [5, 5.41) is 62.0. The highest BCUT2D eigenvalue weighted by Crippen LogP contribution is 2.52. The molecule has 0 saturated carbocycles. The number of Topliss-reactive ketones (excluding diaryl/α,β-unsaturated/α-hetero) is 1. The minimum atomic E-state index is -2.24. The number of aliphatic hydroxyl groups excluding tert-OH is 2. The molecule has 6 atom stereocenters. The molecule has 0 amide bonds. The summed E-state index contributed by atoms with van der Waals surface area (Å²) in [6.07, 6.45) is -2.44. The first kappa shape index (κ1) is 39.1. The molecule has 0 aromatic heterocycles. The van der Waals surface area contributed by atoms with Crippen molar-refractivity contribution < 1.29 is 64.0 Å². The van der Waals surface area contributed by atoms with E-state index in [1.807, 2.05) is 30.3 Å². The Hall–Kier alpha value is -4.67. The second kappa shape index (κ2) is 15.7. The maximum Gasteiger partial charge on any atom is 0.328 e. The minimum Gasteiger partial charge on any atom is -0.507 e. The highest BCUT2D eigenvalue weighted by atomic mass is 35.5. The van der Waals surface area contributed by atoms with Gasteiger partial charge in [-0.2, -0.15) is 0 Å². The molecule has 2 aliphatic carbocycles. The standard InChI is InChI=1S/C27H29NO11.C9H8O2.ClH/c1-10-22(31)13(28)6-17(38-10)39-15-8-27(36,16(30)9-29)7-12-19(15)26(35)21-20(24(12)33)23(32)11-4-3-5-14(37-2)18(11)25(21)34;10-9(11)7-6-8-4-2-1-3-5-8;/h3-5,10,13,15,17,22,29,31,33,35-36H,6-9,28H2,1-2H3;1-7H,(H,10,11);1H/t10-,13-,15-,17-,22+,27-;;/m0../s1. The maximum atomic E-state index is 13.6. The number of methoxy groups -OCH3 is 1. The lowest BCUT2D eigenvalue weighted by Crippen LogP contribution is -2.53. The SMILES string of the molecule is COc1cccc2c1C(=O)c1c(O)c3c(c(O)c1C2=O)C[C@@](O)(C(=O)CO)C[C@@H]3O[C@H]1C[C@H](N)[C@H](O)[C@H](C)O1.Cl.O=C(O)C=Cc1ccccc1. The fourth-order valence-electron chi connectivity index (χ4n) is 6.48. The summed E-state index contributed by atoms with van der Waals surface area (Å²) in [4.78, 5) is 49.8. The van der Waals surface area contributed by atoms with Crippen LogP contribution in [-0.2, 0) is 25.5 Å². The average Bonchev–Trinajstić information content (AvgIpc) is 3.09. The van der Waals surface area contributed by atoms with Crippen molar-refractivity contribution >= 4 is 41.8 Å². The van der Waals surface area contributed by atoms with Crippen molar-refractivity contribution in [2.45, 2.75) is 62.4 Å². The van der Waals surface area contributed by atoms with Gasteiger partial charge in [0, 0.05) is 48.1 Å². The second-order valence-electron chi connectivity index (χ2n) is 12.2. The van der Waals surface area contributed by atoms with E-state index in [0.29, 0.717) is 0 Å². The van der Waals surface area contributed by atoms with E-state index >= 15 is 0 Å². The summed E-state index contributed by atoms with van der Waals surface area (Å²) >= 11 is 0. The molecule has 1 heterocycles. The number of nitrogens with two attached hydrogens (primary N) is 1.